The smallest absolute Gasteiger partial charge is 0.222 e. The number of allylic oxidation sites excluding steroid dienone is 2. The summed E-state index contributed by atoms with van der Waals surface area (Å²) in [6.07, 6.45) is 17.1. The van der Waals surface area contributed by atoms with Gasteiger partial charge in [0.1, 0.15) is 0 Å². The van der Waals surface area contributed by atoms with Crippen molar-refractivity contribution in [3.05, 3.63) is 23.8 Å². The Morgan fingerprint density at radius 3 is 2.73 bits per heavy atom. The molecular formula is C26H45NO3. The number of hydrogen-bond donors (Lipinski definition) is 2. The number of unbranched alkanes of at least 4 members (excludes halogenated alkanes) is 3. The number of aliphatic hydroxyl groups is 2. The van der Waals surface area contributed by atoms with Gasteiger partial charge in [0.2, 0.25) is 5.91 Å². The largest absolute Gasteiger partial charge is 0.392 e. The zero-order valence-electron chi connectivity index (χ0n) is 19.7. The van der Waals surface area contributed by atoms with Crippen molar-refractivity contribution in [3.63, 3.8) is 0 Å². The quantitative estimate of drug-likeness (QED) is 0.322. The number of carbonyl (C=O) groups is 1. The first-order chi connectivity index (χ1) is 14.3. The van der Waals surface area contributed by atoms with Crippen molar-refractivity contribution in [1.29, 1.82) is 0 Å². The fourth-order valence-electron chi connectivity index (χ4n) is 5.24. The van der Waals surface area contributed by atoms with Crippen LogP contribution in [-0.4, -0.2) is 47.3 Å². The standard InChI is InChI=1S/C26H45NO3/c1-5-6-10-19(2)15-22(28)13-14-23-24-17-20(16-21(24)18-25(23)29)11-8-7-9-12-26(30)27(3)4/h13-14,16,19,21-25,28-29H,5-12,15,17-18H2,1-4H3/b14-13+/t19-,21-,22+,23+,24-,25+/m0/s1. The second-order valence-electron chi connectivity index (χ2n) is 10.0. The zero-order valence-corrected chi connectivity index (χ0v) is 19.7. The van der Waals surface area contributed by atoms with Gasteiger partial charge in [0, 0.05) is 26.4 Å². The van der Waals surface area contributed by atoms with Crippen LogP contribution in [0, 0.1) is 23.7 Å². The Labute approximate surface area is 184 Å². The van der Waals surface area contributed by atoms with E-state index in [-0.39, 0.29) is 17.9 Å². The molecule has 1 fully saturated rings. The fourth-order valence-corrected chi connectivity index (χ4v) is 5.24. The molecule has 1 amide bonds. The SMILES string of the molecule is CCCC[C@H](C)C[C@H](O)/C=C/[C@@H]1[C@H]2CC(CCCCCC(=O)N(C)C)=C[C@H]2C[C@H]1O. The predicted octanol–water partition coefficient (Wildman–Crippen LogP) is 5.10. The number of hydrogen-bond acceptors (Lipinski definition) is 3. The number of rotatable bonds is 13. The first-order valence-electron chi connectivity index (χ1n) is 12.3. The van der Waals surface area contributed by atoms with Crippen molar-refractivity contribution >= 4 is 5.91 Å². The highest BCUT2D eigenvalue weighted by Gasteiger charge is 2.43. The maximum absolute atomic E-state index is 11.6. The molecule has 6 atom stereocenters. The summed E-state index contributed by atoms with van der Waals surface area (Å²) >= 11 is 0. The third-order valence-corrected chi connectivity index (χ3v) is 7.09. The summed E-state index contributed by atoms with van der Waals surface area (Å²) in [6.45, 7) is 4.42. The van der Waals surface area contributed by atoms with Crippen LogP contribution >= 0.6 is 0 Å². The van der Waals surface area contributed by atoms with Gasteiger partial charge < -0.3 is 15.1 Å². The van der Waals surface area contributed by atoms with Gasteiger partial charge in [0.25, 0.3) is 0 Å². The van der Waals surface area contributed by atoms with E-state index in [0.717, 1.165) is 44.9 Å². The maximum Gasteiger partial charge on any atom is 0.222 e. The molecule has 0 aliphatic heterocycles. The van der Waals surface area contributed by atoms with Crippen LogP contribution in [-0.2, 0) is 4.79 Å². The minimum absolute atomic E-state index is 0.169. The van der Waals surface area contributed by atoms with Gasteiger partial charge >= 0.3 is 0 Å². The van der Waals surface area contributed by atoms with Gasteiger partial charge in [-0.2, -0.15) is 0 Å². The minimum atomic E-state index is -0.401. The molecule has 0 saturated heterocycles. The third-order valence-electron chi connectivity index (χ3n) is 7.09. The summed E-state index contributed by atoms with van der Waals surface area (Å²) in [4.78, 5) is 13.3. The molecule has 0 bridgehead atoms. The lowest BCUT2D eigenvalue weighted by Crippen LogP contribution is -2.20. The van der Waals surface area contributed by atoms with Crippen molar-refractivity contribution in [2.75, 3.05) is 14.1 Å². The van der Waals surface area contributed by atoms with Crippen LogP contribution in [0.3, 0.4) is 0 Å². The highest BCUT2D eigenvalue weighted by molar-refractivity contribution is 5.75. The van der Waals surface area contributed by atoms with E-state index in [9.17, 15) is 15.0 Å². The van der Waals surface area contributed by atoms with Crippen molar-refractivity contribution in [3.8, 4) is 0 Å². The Morgan fingerprint density at radius 1 is 1.27 bits per heavy atom. The minimum Gasteiger partial charge on any atom is -0.392 e. The number of carbonyl (C=O) groups excluding carboxylic acids is 1. The van der Waals surface area contributed by atoms with Crippen molar-refractivity contribution in [2.45, 2.75) is 96.7 Å². The predicted molar refractivity (Wildman–Crippen MR) is 124 cm³/mol. The summed E-state index contributed by atoms with van der Waals surface area (Å²) in [5.41, 5.74) is 1.53. The normalized spacial score (nSPS) is 27.9. The lowest BCUT2D eigenvalue weighted by molar-refractivity contribution is -0.128. The Balaban J connectivity index is 1.73. The van der Waals surface area contributed by atoms with Gasteiger partial charge in [-0.25, -0.2) is 0 Å². The molecule has 2 aliphatic rings. The lowest BCUT2D eigenvalue weighted by atomic mass is 9.88. The van der Waals surface area contributed by atoms with Gasteiger partial charge in [-0.15, -0.1) is 0 Å². The molecule has 0 radical (unpaired) electrons. The average molecular weight is 420 g/mol. The molecule has 1 saturated carbocycles. The molecule has 4 nitrogen and oxygen atoms in total. The topological polar surface area (TPSA) is 60.8 Å². The van der Waals surface area contributed by atoms with E-state index < -0.39 is 6.10 Å². The van der Waals surface area contributed by atoms with Gasteiger partial charge in [-0.1, -0.05) is 63.3 Å². The molecular weight excluding hydrogens is 374 g/mol. The number of fused-ring (bicyclic) bond motifs is 1. The molecule has 0 heterocycles. The van der Waals surface area contributed by atoms with E-state index >= 15 is 0 Å². The molecule has 0 aromatic rings. The molecule has 0 unspecified atom stereocenters. The van der Waals surface area contributed by atoms with Crippen LogP contribution in [0.15, 0.2) is 23.8 Å². The molecule has 2 N–H and O–H groups in total. The van der Waals surface area contributed by atoms with Crippen LogP contribution in [0.1, 0.15) is 84.5 Å². The van der Waals surface area contributed by atoms with Gasteiger partial charge in [-0.3, -0.25) is 4.79 Å². The third kappa shape index (κ3) is 7.85. The molecule has 172 valence electrons. The second kappa shape index (κ2) is 12.7. The fraction of sp³-hybridized carbons (Fsp3) is 0.808. The van der Waals surface area contributed by atoms with Gasteiger partial charge in [0.05, 0.1) is 12.2 Å². The summed E-state index contributed by atoms with van der Waals surface area (Å²) in [6, 6.07) is 0. The average Bonchev–Trinajstić information content (AvgIpc) is 3.20. The van der Waals surface area contributed by atoms with E-state index in [1.807, 2.05) is 20.2 Å². The number of aliphatic hydroxyl groups excluding tert-OH is 2. The Bertz CT molecular complexity index is 583. The first kappa shape index (κ1) is 25.1. The van der Waals surface area contributed by atoms with E-state index in [2.05, 4.69) is 26.0 Å². The molecule has 30 heavy (non-hydrogen) atoms. The summed E-state index contributed by atoms with van der Waals surface area (Å²) < 4.78 is 0. The van der Waals surface area contributed by atoms with Crippen LogP contribution in [0.4, 0.5) is 0 Å². The maximum atomic E-state index is 11.6. The van der Waals surface area contributed by atoms with Crippen molar-refractivity contribution < 1.29 is 15.0 Å². The molecule has 2 rings (SSSR count). The number of nitrogens with zero attached hydrogens (tertiary/aromatic N) is 1. The molecule has 2 aliphatic carbocycles. The Morgan fingerprint density at radius 2 is 2.03 bits per heavy atom. The molecule has 4 heteroatoms. The summed E-state index contributed by atoms with van der Waals surface area (Å²) in [7, 11) is 3.63. The lowest BCUT2D eigenvalue weighted by Gasteiger charge is -2.19. The van der Waals surface area contributed by atoms with Gasteiger partial charge in [0.15, 0.2) is 0 Å². The van der Waals surface area contributed by atoms with Crippen molar-refractivity contribution in [1.82, 2.24) is 4.90 Å². The van der Waals surface area contributed by atoms with Crippen LogP contribution < -0.4 is 0 Å². The molecule has 0 aromatic carbocycles. The zero-order chi connectivity index (χ0) is 22.1. The van der Waals surface area contributed by atoms with Gasteiger partial charge in [-0.05, 0) is 56.3 Å². The van der Waals surface area contributed by atoms with E-state index in [1.165, 1.54) is 24.8 Å². The Kier molecular flexibility index (Phi) is 10.6. The van der Waals surface area contributed by atoms with E-state index in [0.29, 0.717) is 24.2 Å². The monoisotopic (exact) mass is 419 g/mol. The van der Waals surface area contributed by atoms with Crippen molar-refractivity contribution in [2.24, 2.45) is 23.7 Å². The summed E-state index contributed by atoms with van der Waals surface area (Å²) in [5, 5.41) is 20.9. The van der Waals surface area contributed by atoms with E-state index in [1.54, 1.807) is 4.90 Å². The molecule has 0 spiro atoms. The summed E-state index contributed by atoms with van der Waals surface area (Å²) in [5.74, 6) is 1.91. The Hall–Kier alpha value is -1.13. The highest BCUT2D eigenvalue weighted by Crippen LogP contribution is 2.48. The van der Waals surface area contributed by atoms with Crippen LogP contribution in [0.2, 0.25) is 0 Å². The highest BCUT2D eigenvalue weighted by atomic mass is 16.3. The van der Waals surface area contributed by atoms with Crippen LogP contribution in [0.25, 0.3) is 0 Å². The first-order valence-corrected chi connectivity index (χ1v) is 12.3. The number of amides is 1. The molecule has 0 aromatic heterocycles. The van der Waals surface area contributed by atoms with E-state index in [4.69, 9.17) is 0 Å². The second-order valence-corrected chi connectivity index (χ2v) is 10.0. The van der Waals surface area contributed by atoms with Crippen LogP contribution in [0.5, 0.6) is 0 Å².